The van der Waals surface area contributed by atoms with Gasteiger partial charge in [0.15, 0.2) is 5.82 Å². The molecule has 0 amide bonds. The SMILES string of the molecule is N#Cc1cc(C#N)cc(-c2ccc3c(c2)c2ccccc2n3-c2cc(C#N)cc(-n3c4ccccc4c4cc(-c5cc(C#N)cc(C#N)c5)ccc43)c2-c2nc(-c3ccccc3)cc(-c3ccccc3)n2)c1. The average Bonchev–Trinajstić information content (AvgIpc) is 3.97. The summed E-state index contributed by atoms with van der Waals surface area (Å²) in [6, 6.07) is 76.2. The first-order valence-corrected chi connectivity index (χ1v) is 23.0. The second-order valence-electron chi connectivity index (χ2n) is 17.4. The van der Waals surface area contributed by atoms with Gasteiger partial charge in [-0.05, 0) is 113 Å². The topological polar surface area (TPSA) is 155 Å². The van der Waals surface area contributed by atoms with Crippen molar-refractivity contribution < 1.29 is 0 Å². The number of hydrogen-bond acceptors (Lipinski definition) is 7. The third kappa shape index (κ3) is 7.15. The number of aromatic nitrogens is 4. The summed E-state index contributed by atoms with van der Waals surface area (Å²) in [7, 11) is 0. The molecule has 0 spiro atoms. The molecule has 0 radical (unpaired) electrons. The lowest BCUT2D eigenvalue weighted by Crippen LogP contribution is -2.07. The molecule has 0 atom stereocenters. The van der Waals surface area contributed by atoms with E-state index < -0.39 is 0 Å². The predicted octanol–water partition coefficient (Wildman–Crippen LogP) is 14.4. The van der Waals surface area contributed by atoms with E-state index in [0.29, 0.717) is 62.0 Å². The van der Waals surface area contributed by atoms with E-state index in [4.69, 9.17) is 9.97 Å². The van der Waals surface area contributed by atoms with Crippen molar-refractivity contribution in [3.05, 3.63) is 228 Å². The van der Waals surface area contributed by atoms with Gasteiger partial charge >= 0.3 is 0 Å². The van der Waals surface area contributed by atoms with Gasteiger partial charge < -0.3 is 9.13 Å². The lowest BCUT2D eigenvalue weighted by Gasteiger charge is -2.21. The third-order valence-electron chi connectivity index (χ3n) is 13.2. The van der Waals surface area contributed by atoms with Crippen molar-refractivity contribution in [3.63, 3.8) is 0 Å². The molecule has 0 fully saturated rings. The molecule has 9 heteroatoms. The second-order valence-corrected chi connectivity index (χ2v) is 17.4. The minimum atomic E-state index is 0.396. The number of nitrogens with zero attached hydrogens (tertiary/aromatic N) is 9. The monoisotopic (exact) mass is 915 g/mol. The fraction of sp³-hybridized carbons (Fsp3) is 0. The molecule has 3 heterocycles. The van der Waals surface area contributed by atoms with Crippen molar-refractivity contribution in [3.8, 4) is 97.9 Å². The normalized spacial score (nSPS) is 11.0. The van der Waals surface area contributed by atoms with E-state index in [1.165, 1.54) is 0 Å². The molecule has 9 nitrogen and oxygen atoms in total. The molecule has 72 heavy (non-hydrogen) atoms. The highest BCUT2D eigenvalue weighted by Crippen LogP contribution is 2.44. The average molecular weight is 916 g/mol. The Hall–Kier alpha value is -10.9. The number of para-hydroxylation sites is 2. The summed E-state index contributed by atoms with van der Waals surface area (Å²) in [4.78, 5) is 10.9. The quantitative estimate of drug-likeness (QED) is 0.154. The predicted molar refractivity (Wildman–Crippen MR) is 281 cm³/mol. The fourth-order valence-electron chi connectivity index (χ4n) is 10.0. The van der Waals surface area contributed by atoms with Crippen LogP contribution in [0.5, 0.6) is 0 Å². The molecule has 330 valence electrons. The van der Waals surface area contributed by atoms with Crippen molar-refractivity contribution in [1.82, 2.24) is 19.1 Å². The lowest BCUT2D eigenvalue weighted by atomic mass is 9.98. The maximum atomic E-state index is 11.1. The molecule has 12 aromatic rings. The van der Waals surface area contributed by atoms with Gasteiger partial charge in [0.2, 0.25) is 0 Å². The molecular weight excluding hydrogens is 883 g/mol. The number of fused-ring (bicyclic) bond motifs is 6. The Labute approximate surface area is 413 Å². The largest absolute Gasteiger partial charge is 0.308 e. The number of benzene rings is 9. The van der Waals surface area contributed by atoms with Crippen LogP contribution in [-0.4, -0.2) is 19.1 Å². The summed E-state index contributed by atoms with van der Waals surface area (Å²) in [6.45, 7) is 0. The van der Waals surface area contributed by atoms with E-state index in [1.807, 2.05) is 115 Å². The zero-order valence-corrected chi connectivity index (χ0v) is 38.1. The first-order chi connectivity index (χ1) is 35.4. The Morgan fingerprint density at radius 1 is 0.292 bits per heavy atom. The van der Waals surface area contributed by atoms with E-state index in [9.17, 15) is 26.3 Å². The highest BCUT2D eigenvalue weighted by molar-refractivity contribution is 6.13. The van der Waals surface area contributed by atoms with Crippen molar-refractivity contribution in [2.45, 2.75) is 0 Å². The highest BCUT2D eigenvalue weighted by Gasteiger charge is 2.26. The summed E-state index contributed by atoms with van der Waals surface area (Å²) < 4.78 is 4.37. The van der Waals surface area contributed by atoms with Gasteiger partial charge in [0.05, 0.1) is 109 Å². The molecule has 0 aliphatic carbocycles. The number of rotatable bonds is 7. The molecule has 0 aliphatic rings. The van der Waals surface area contributed by atoms with Gasteiger partial charge in [-0.1, -0.05) is 109 Å². The van der Waals surface area contributed by atoms with E-state index >= 15 is 0 Å². The molecule has 0 saturated carbocycles. The van der Waals surface area contributed by atoms with Crippen LogP contribution < -0.4 is 0 Å². The Bertz CT molecular complexity index is 4110. The first kappa shape index (κ1) is 42.5. The van der Waals surface area contributed by atoms with Gasteiger partial charge in [-0.3, -0.25) is 0 Å². The molecule has 3 aromatic heterocycles. The maximum Gasteiger partial charge on any atom is 0.164 e. The van der Waals surface area contributed by atoms with Crippen molar-refractivity contribution in [2.75, 3.05) is 0 Å². The molecule has 12 rings (SSSR count). The van der Waals surface area contributed by atoms with Crippen LogP contribution in [0, 0.1) is 56.7 Å². The Morgan fingerprint density at radius 3 is 1.06 bits per heavy atom. The molecule has 0 aliphatic heterocycles. The Balaban J connectivity index is 1.21. The van der Waals surface area contributed by atoms with E-state index in [0.717, 1.165) is 77.0 Å². The lowest BCUT2D eigenvalue weighted by molar-refractivity contribution is 1.10. The Kier molecular flexibility index (Phi) is 10.2. The zero-order chi connectivity index (χ0) is 48.9. The van der Waals surface area contributed by atoms with Crippen LogP contribution in [0.4, 0.5) is 0 Å². The van der Waals surface area contributed by atoms with E-state index in [-0.39, 0.29) is 0 Å². The summed E-state index contributed by atoms with van der Waals surface area (Å²) in [5, 5.41) is 54.4. The van der Waals surface area contributed by atoms with Crippen LogP contribution in [0.1, 0.15) is 27.8 Å². The van der Waals surface area contributed by atoms with Gasteiger partial charge in [-0.2, -0.15) is 26.3 Å². The zero-order valence-electron chi connectivity index (χ0n) is 38.1. The molecule has 0 bridgehead atoms. The van der Waals surface area contributed by atoms with Crippen LogP contribution in [0.15, 0.2) is 200 Å². The van der Waals surface area contributed by atoms with Gasteiger partial charge in [-0.15, -0.1) is 0 Å². The van der Waals surface area contributed by atoms with E-state index in [1.54, 1.807) is 36.4 Å². The summed E-state index contributed by atoms with van der Waals surface area (Å²) in [6.07, 6.45) is 0. The van der Waals surface area contributed by atoms with Gasteiger partial charge in [0.1, 0.15) is 0 Å². The minimum Gasteiger partial charge on any atom is -0.308 e. The first-order valence-electron chi connectivity index (χ1n) is 23.0. The molecule has 9 aromatic carbocycles. The smallest absolute Gasteiger partial charge is 0.164 e. The Morgan fingerprint density at radius 2 is 0.653 bits per heavy atom. The molecule has 0 N–H and O–H groups in total. The summed E-state index contributed by atoms with van der Waals surface area (Å²) in [5.41, 5.74) is 13.9. The fourth-order valence-corrected chi connectivity index (χ4v) is 10.0. The van der Waals surface area contributed by atoms with Crippen molar-refractivity contribution in [1.29, 1.82) is 26.3 Å². The van der Waals surface area contributed by atoms with Crippen molar-refractivity contribution >= 4 is 43.6 Å². The number of hydrogen-bond donors (Lipinski definition) is 0. The summed E-state index contributed by atoms with van der Waals surface area (Å²) in [5.74, 6) is 0.435. The van der Waals surface area contributed by atoms with Crippen LogP contribution >= 0.6 is 0 Å². The van der Waals surface area contributed by atoms with Gasteiger partial charge in [0.25, 0.3) is 0 Å². The summed E-state index contributed by atoms with van der Waals surface area (Å²) >= 11 is 0. The number of nitriles is 5. The highest BCUT2D eigenvalue weighted by atomic mass is 15.0. The maximum absolute atomic E-state index is 11.1. The van der Waals surface area contributed by atoms with Gasteiger partial charge in [-0.25, -0.2) is 9.97 Å². The minimum absolute atomic E-state index is 0.396. The van der Waals surface area contributed by atoms with E-state index in [2.05, 4.69) is 88.0 Å². The standard InChI is InChI=1S/C63H33N9/c64-34-39-23-40(35-65)26-48(25-39)46-19-21-58-52(31-46)50-15-7-9-17-56(50)71(58)60-29-43(38-68)30-61(62(60)63-69-54(44-11-3-1-4-12-44)33-55(70-63)45-13-5-2-6-14-45)72-57-18-10-8-16-51(57)53-32-47(20-22-59(53)72)49-27-41(36-66)24-42(28-49)37-67/h1-33H. The van der Waals surface area contributed by atoms with Crippen molar-refractivity contribution in [2.24, 2.45) is 0 Å². The van der Waals surface area contributed by atoms with Crippen LogP contribution in [0.25, 0.3) is 111 Å². The van der Waals surface area contributed by atoms with Gasteiger partial charge in [0, 0.05) is 32.7 Å². The molecule has 0 unspecified atom stereocenters. The molecule has 0 saturated heterocycles. The molecular formula is C63H33N9. The van der Waals surface area contributed by atoms with Crippen LogP contribution in [0.2, 0.25) is 0 Å². The van der Waals surface area contributed by atoms with Crippen LogP contribution in [-0.2, 0) is 0 Å². The second kappa shape index (κ2) is 17.3. The van der Waals surface area contributed by atoms with Crippen LogP contribution in [0.3, 0.4) is 0 Å². The third-order valence-corrected chi connectivity index (χ3v) is 13.2.